The smallest absolute Gasteiger partial charge is 0.322 e. The number of rotatable bonds is 4. The van der Waals surface area contributed by atoms with Crippen molar-refractivity contribution < 1.29 is 17.9 Å². The van der Waals surface area contributed by atoms with E-state index in [0.29, 0.717) is 5.69 Å². The Labute approximate surface area is 102 Å². The van der Waals surface area contributed by atoms with Crippen LogP contribution in [0.5, 0.6) is 0 Å². The molecule has 0 spiro atoms. The molecule has 0 atom stereocenters. The van der Waals surface area contributed by atoms with Crippen LogP contribution in [0.15, 0.2) is 28.7 Å². The summed E-state index contributed by atoms with van der Waals surface area (Å²) in [6.45, 7) is 0. The van der Waals surface area contributed by atoms with Gasteiger partial charge in [0.15, 0.2) is 5.75 Å². The van der Waals surface area contributed by atoms with E-state index in [1.54, 1.807) is 24.3 Å². The fourth-order valence-electron chi connectivity index (χ4n) is 0.948. The molecular weight excluding hydrogens is 298 g/mol. The van der Waals surface area contributed by atoms with Gasteiger partial charge in [-0.25, -0.2) is 8.42 Å². The van der Waals surface area contributed by atoms with Crippen molar-refractivity contribution in [2.24, 2.45) is 0 Å². The Morgan fingerprint density at radius 3 is 2.44 bits per heavy atom. The van der Waals surface area contributed by atoms with E-state index in [4.69, 9.17) is 0 Å². The lowest BCUT2D eigenvalue weighted by Gasteiger charge is -2.06. The minimum atomic E-state index is -3.70. The number of carbonyl (C=O) groups is 1. The highest BCUT2D eigenvalue weighted by molar-refractivity contribution is 9.10. The molecule has 0 aliphatic carbocycles. The molecule has 0 aliphatic heterocycles. The molecule has 1 aromatic carbocycles. The molecule has 0 heterocycles. The van der Waals surface area contributed by atoms with Crippen molar-refractivity contribution in [3.63, 3.8) is 0 Å². The van der Waals surface area contributed by atoms with Gasteiger partial charge in [-0.1, -0.05) is 15.9 Å². The SMILES string of the molecule is COC(=O)CS(=O)(=O)Nc1ccc(Br)cc1. The van der Waals surface area contributed by atoms with Crippen molar-refractivity contribution in [2.45, 2.75) is 0 Å². The van der Waals surface area contributed by atoms with E-state index in [1.807, 2.05) is 0 Å². The first-order valence-electron chi connectivity index (χ1n) is 4.26. The van der Waals surface area contributed by atoms with Gasteiger partial charge in [-0.15, -0.1) is 0 Å². The molecule has 0 fully saturated rings. The molecule has 1 rings (SSSR count). The molecule has 0 saturated carbocycles. The average molecular weight is 308 g/mol. The van der Waals surface area contributed by atoms with E-state index in [-0.39, 0.29) is 0 Å². The highest BCUT2D eigenvalue weighted by atomic mass is 79.9. The Bertz CT molecular complexity index is 469. The Kier molecular flexibility index (Phi) is 4.31. The summed E-state index contributed by atoms with van der Waals surface area (Å²) in [5.41, 5.74) is 0.395. The fourth-order valence-corrected chi connectivity index (χ4v) is 2.21. The number of hydrogen-bond acceptors (Lipinski definition) is 4. The van der Waals surface area contributed by atoms with Crippen molar-refractivity contribution in [3.05, 3.63) is 28.7 Å². The number of halogens is 1. The molecule has 5 nitrogen and oxygen atoms in total. The van der Waals surface area contributed by atoms with E-state index in [9.17, 15) is 13.2 Å². The fraction of sp³-hybridized carbons (Fsp3) is 0.222. The van der Waals surface area contributed by atoms with Crippen LogP contribution in [0.25, 0.3) is 0 Å². The van der Waals surface area contributed by atoms with Crippen LogP contribution >= 0.6 is 15.9 Å². The lowest BCUT2D eigenvalue weighted by atomic mass is 10.3. The number of esters is 1. The first kappa shape index (κ1) is 13.0. The van der Waals surface area contributed by atoms with E-state index in [1.165, 1.54) is 0 Å². The maximum Gasteiger partial charge on any atom is 0.322 e. The summed E-state index contributed by atoms with van der Waals surface area (Å²) in [6, 6.07) is 6.55. The standard InChI is InChI=1S/C9H10BrNO4S/c1-15-9(12)6-16(13,14)11-8-4-2-7(10)3-5-8/h2-5,11H,6H2,1H3. The molecule has 16 heavy (non-hydrogen) atoms. The van der Waals surface area contributed by atoms with Crippen LogP contribution in [0.2, 0.25) is 0 Å². The number of methoxy groups -OCH3 is 1. The van der Waals surface area contributed by atoms with Gasteiger partial charge in [-0.05, 0) is 24.3 Å². The van der Waals surface area contributed by atoms with E-state index in [2.05, 4.69) is 25.4 Å². The predicted molar refractivity (Wildman–Crippen MR) is 63.6 cm³/mol. The topological polar surface area (TPSA) is 72.5 Å². The second-order valence-electron chi connectivity index (χ2n) is 2.94. The van der Waals surface area contributed by atoms with Crippen molar-refractivity contribution in [1.29, 1.82) is 0 Å². The molecular formula is C9H10BrNO4S. The first-order chi connectivity index (χ1) is 7.43. The molecule has 0 aliphatic rings. The summed E-state index contributed by atoms with van der Waals surface area (Å²) in [4.78, 5) is 10.8. The molecule has 1 aromatic rings. The number of nitrogens with one attached hydrogen (secondary N) is 1. The maximum absolute atomic E-state index is 11.4. The van der Waals surface area contributed by atoms with E-state index in [0.717, 1.165) is 11.6 Å². The average Bonchev–Trinajstić information content (AvgIpc) is 2.20. The summed E-state index contributed by atoms with van der Waals surface area (Å²) in [5, 5.41) is 0. The van der Waals surface area contributed by atoms with Crippen LogP contribution in [0.1, 0.15) is 0 Å². The zero-order valence-electron chi connectivity index (χ0n) is 8.44. The second kappa shape index (κ2) is 5.31. The zero-order chi connectivity index (χ0) is 12.2. The number of ether oxygens (including phenoxy) is 1. The molecule has 0 unspecified atom stereocenters. The third-order valence-electron chi connectivity index (χ3n) is 1.65. The first-order valence-corrected chi connectivity index (χ1v) is 6.70. The third kappa shape index (κ3) is 4.19. The Morgan fingerprint density at radius 1 is 1.38 bits per heavy atom. The van der Waals surface area contributed by atoms with Crippen LogP contribution in [-0.4, -0.2) is 27.2 Å². The number of carbonyl (C=O) groups excluding carboxylic acids is 1. The second-order valence-corrected chi connectivity index (χ2v) is 5.58. The minimum Gasteiger partial charge on any atom is -0.468 e. The highest BCUT2D eigenvalue weighted by Crippen LogP contribution is 2.15. The third-order valence-corrected chi connectivity index (χ3v) is 3.34. The van der Waals surface area contributed by atoms with Crippen molar-refractivity contribution >= 4 is 37.6 Å². The van der Waals surface area contributed by atoms with Gasteiger partial charge < -0.3 is 4.74 Å². The largest absolute Gasteiger partial charge is 0.468 e. The maximum atomic E-state index is 11.4. The highest BCUT2D eigenvalue weighted by Gasteiger charge is 2.16. The Hall–Kier alpha value is -1.08. The van der Waals surface area contributed by atoms with Crippen molar-refractivity contribution in [2.75, 3.05) is 17.6 Å². The molecule has 1 N–H and O–H groups in total. The van der Waals surface area contributed by atoms with Gasteiger partial charge >= 0.3 is 5.97 Å². The minimum absolute atomic E-state index is 0.395. The van der Waals surface area contributed by atoms with Crippen LogP contribution in [0, 0.1) is 0 Å². The van der Waals surface area contributed by atoms with Crippen molar-refractivity contribution in [1.82, 2.24) is 0 Å². The van der Waals surface area contributed by atoms with Crippen LogP contribution in [0.3, 0.4) is 0 Å². The molecule has 0 radical (unpaired) electrons. The van der Waals surface area contributed by atoms with Crippen molar-refractivity contribution in [3.8, 4) is 0 Å². The summed E-state index contributed by atoms with van der Waals surface area (Å²) in [7, 11) is -2.56. The molecule has 0 amide bonds. The summed E-state index contributed by atoms with van der Waals surface area (Å²) >= 11 is 3.23. The summed E-state index contributed by atoms with van der Waals surface area (Å²) in [6.07, 6.45) is 0. The van der Waals surface area contributed by atoms with Gasteiger partial charge in [0, 0.05) is 10.2 Å². The monoisotopic (exact) mass is 307 g/mol. The Morgan fingerprint density at radius 2 is 1.94 bits per heavy atom. The number of hydrogen-bond donors (Lipinski definition) is 1. The lowest BCUT2D eigenvalue weighted by molar-refractivity contribution is -0.137. The zero-order valence-corrected chi connectivity index (χ0v) is 10.8. The van der Waals surface area contributed by atoms with E-state index < -0.39 is 21.7 Å². The molecule has 0 saturated heterocycles. The van der Waals surface area contributed by atoms with Gasteiger partial charge in [0.2, 0.25) is 10.0 Å². The van der Waals surface area contributed by atoms with Crippen LogP contribution in [-0.2, 0) is 19.6 Å². The molecule has 88 valence electrons. The summed E-state index contributed by atoms with van der Waals surface area (Å²) < 4.78 is 30.2. The van der Waals surface area contributed by atoms with Crippen LogP contribution < -0.4 is 4.72 Å². The van der Waals surface area contributed by atoms with Gasteiger partial charge in [-0.3, -0.25) is 9.52 Å². The van der Waals surface area contributed by atoms with Gasteiger partial charge in [0.05, 0.1) is 7.11 Å². The Balaban J connectivity index is 2.73. The lowest BCUT2D eigenvalue weighted by Crippen LogP contribution is -2.23. The summed E-state index contributed by atoms with van der Waals surface area (Å²) in [5.74, 6) is -1.50. The van der Waals surface area contributed by atoms with Crippen LogP contribution in [0.4, 0.5) is 5.69 Å². The van der Waals surface area contributed by atoms with E-state index >= 15 is 0 Å². The van der Waals surface area contributed by atoms with Gasteiger partial charge in [0.25, 0.3) is 0 Å². The molecule has 0 aromatic heterocycles. The van der Waals surface area contributed by atoms with Gasteiger partial charge in [-0.2, -0.15) is 0 Å². The predicted octanol–water partition coefficient (Wildman–Crippen LogP) is 1.36. The molecule has 0 bridgehead atoms. The normalized spacial score (nSPS) is 10.9. The molecule has 7 heteroatoms. The number of anilines is 1. The number of benzene rings is 1. The number of sulfonamides is 1. The quantitative estimate of drug-likeness (QED) is 0.853. The van der Waals surface area contributed by atoms with Gasteiger partial charge in [0.1, 0.15) is 0 Å².